The van der Waals surface area contributed by atoms with Crippen molar-refractivity contribution in [3.05, 3.63) is 46.7 Å². The van der Waals surface area contributed by atoms with Crippen molar-refractivity contribution in [2.75, 3.05) is 20.3 Å². The zero-order valence-electron chi connectivity index (χ0n) is 14.3. The summed E-state index contributed by atoms with van der Waals surface area (Å²) in [4.78, 5) is 26.7. The molecule has 132 valence electrons. The first-order valence-corrected chi connectivity index (χ1v) is 8.25. The van der Waals surface area contributed by atoms with E-state index in [2.05, 4.69) is 0 Å². The van der Waals surface area contributed by atoms with Crippen LogP contribution in [0, 0.1) is 0 Å². The standard InChI is InChI=1S/C19H21NO5/c1-12-17(19(23)24-2)15(10-13-6-3-4-8-16(13)21)18(22)20(12)11-14-7-5-9-25-14/h3-4,6,8,10,14,21H,5,7,9,11H2,1-2H3/b15-10-. The molecule has 1 amide bonds. The largest absolute Gasteiger partial charge is 0.507 e. The summed E-state index contributed by atoms with van der Waals surface area (Å²) < 4.78 is 10.5. The number of carbonyl (C=O) groups excluding carboxylic acids is 2. The third-order valence-electron chi connectivity index (χ3n) is 4.55. The molecule has 1 aromatic carbocycles. The second-order valence-corrected chi connectivity index (χ2v) is 6.12. The van der Waals surface area contributed by atoms with E-state index in [1.165, 1.54) is 19.3 Å². The zero-order valence-corrected chi connectivity index (χ0v) is 14.3. The molecule has 0 radical (unpaired) electrons. The zero-order chi connectivity index (χ0) is 18.0. The predicted molar refractivity (Wildman–Crippen MR) is 91.5 cm³/mol. The molecule has 0 bridgehead atoms. The Labute approximate surface area is 146 Å². The van der Waals surface area contributed by atoms with Gasteiger partial charge < -0.3 is 19.5 Å². The Bertz CT molecular complexity index is 759. The van der Waals surface area contributed by atoms with Gasteiger partial charge in [0, 0.05) is 17.9 Å². The fourth-order valence-corrected chi connectivity index (χ4v) is 3.21. The number of esters is 1. The number of amides is 1. The van der Waals surface area contributed by atoms with Crippen LogP contribution >= 0.6 is 0 Å². The van der Waals surface area contributed by atoms with Crippen molar-refractivity contribution in [3.63, 3.8) is 0 Å². The van der Waals surface area contributed by atoms with Crippen LogP contribution in [-0.4, -0.2) is 48.2 Å². The third kappa shape index (κ3) is 3.30. The van der Waals surface area contributed by atoms with E-state index in [1.54, 1.807) is 30.0 Å². The minimum absolute atomic E-state index is 0.0257. The van der Waals surface area contributed by atoms with Gasteiger partial charge in [-0.2, -0.15) is 0 Å². The van der Waals surface area contributed by atoms with Gasteiger partial charge in [0.25, 0.3) is 5.91 Å². The van der Waals surface area contributed by atoms with E-state index in [0.29, 0.717) is 24.4 Å². The van der Waals surface area contributed by atoms with Crippen LogP contribution in [0.15, 0.2) is 41.1 Å². The van der Waals surface area contributed by atoms with Gasteiger partial charge in [0.05, 0.1) is 30.9 Å². The maximum absolute atomic E-state index is 12.9. The summed E-state index contributed by atoms with van der Waals surface area (Å²) in [6.07, 6.45) is 3.37. The van der Waals surface area contributed by atoms with Gasteiger partial charge in [0.2, 0.25) is 0 Å². The first-order chi connectivity index (χ1) is 12.0. The van der Waals surface area contributed by atoms with Crippen molar-refractivity contribution in [1.29, 1.82) is 0 Å². The lowest BCUT2D eigenvalue weighted by Crippen LogP contribution is -2.33. The molecule has 0 aromatic heterocycles. The molecule has 6 heteroatoms. The molecule has 3 rings (SSSR count). The molecule has 1 atom stereocenters. The van der Waals surface area contributed by atoms with E-state index >= 15 is 0 Å². The van der Waals surface area contributed by atoms with Crippen molar-refractivity contribution < 1.29 is 24.2 Å². The number of hydrogen-bond donors (Lipinski definition) is 1. The highest BCUT2D eigenvalue weighted by molar-refractivity contribution is 6.16. The molecule has 0 saturated carbocycles. The summed E-state index contributed by atoms with van der Waals surface area (Å²) >= 11 is 0. The van der Waals surface area contributed by atoms with E-state index in [9.17, 15) is 14.7 Å². The molecule has 1 N–H and O–H groups in total. The maximum atomic E-state index is 12.9. The van der Waals surface area contributed by atoms with Crippen LogP contribution in [0.25, 0.3) is 6.08 Å². The molecule has 0 aliphatic carbocycles. The van der Waals surface area contributed by atoms with E-state index in [0.717, 1.165) is 12.8 Å². The van der Waals surface area contributed by atoms with Crippen molar-refractivity contribution in [3.8, 4) is 5.75 Å². The number of phenols is 1. The Hall–Kier alpha value is -2.60. The third-order valence-corrected chi connectivity index (χ3v) is 4.55. The first-order valence-electron chi connectivity index (χ1n) is 8.25. The van der Waals surface area contributed by atoms with Crippen molar-refractivity contribution in [1.82, 2.24) is 4.90 Å². The Morgan fingerprint density at radius 1 is 1.44 bits per heavy atom. The second kappa shape index (κ2) is 7.11. The number of para-hydroxylation sites is 1. The second-order valence-electron chi connectivity index (χ2n) is 6.12. The minimum Gasteiger partial charge on any atom is -0.507 e. The average Bonchev–Trinajstić information content (AvgIpc) is 3.19. The highest BCUT2D eigenvalue weighted by atomic mass is 16.5. The van der Waals surface area contributed by atoms with Gasteiger partial charge in [-0.25, -0.2) is 4.79 Å². The fourth-order valence-electron chi connectivity index (χ4n) is 3.21. The lowest BCUT2D eigenvalue weighted by atomic mass is 10.0. The van der Waals surface area contributed by atoms with Crippen molar-refractivity contribution in [2.45, 2.75) is 25.9 Å². The molecule has 2 aliphatic rings. The molecule has 2 heterocycles. The van der Waals surface area contributed by atoms with E-state index in [1.807, 2.05) is 0 Å². The molecule has 1 saturated heterocycles. The molecule has 6 nitrogen and oxygen atoms in total. The van der Waals surface area contributed by atoms with Gasteiger partial charge in [-0.15, -0.1) is 0 Å². The number of phenolic OH excluding ortho intramolecular Hbond substituents is 1. The smallest absolute Gasteiger partial charge is 0.340 e. The number of carbonyl (C=O) groups is 2. The number of rotatable bonds is 4. The number of benzene rings is 1. The van der Waals surface area contributed by atoms with Crippen LogP contribution in [0.3, 0.4) is 0 Å². The van der Waals surface area contributed by atoms with Gasteiger partial charge in [-0.1, -0.05) is 18.2 Å². The molecule has 2 aliphatic heterocycles. The molecular formula is C19H21NO5. The lowest BCUT2D eigenvalue weighted by Gasteiger charge is -2.21. The van der Waals surface area contributed by atoms with E-state index < -0.39 is 5.97 Å². The summed E-state index contributed by atoms with van der Waals surface area (Å²) in [6, 6.07) is 6.66. The lowest BCUT2D eigenvalue weighted by molar-refractivity contribution is -0.136. The number of methoxy groups -OCH3 is 1. The van der Waals surface area contributed by atoms with Crippen LogP contribution in [-0.2, 0) is 19.1 Å². The van der Waals surface area contributed by atoms with Crippen LogP contribution in [0.2, 0.25) is 0 Å². The maximum Gasteiger partial charge on any atom is 0.340 e. The van der Waals surface area contributed by atoms with Gasteiger partial charge in [0.1, 0.15) is 5.75 Å². The summed E-state index contributed by atoms with van der Waals surface area (Å²) in [5, 5.41) is 9.98. The summed E-state index contributed by atoms with van der Waals surface area (Å²) in [7, 11) is 1.29. The van der Waals surface area contributed by atoms with Gasteiger partial charge >= 0.3 is 5.97 Å². The van der Waals surface area contributed by atoms with Crippen molar-refractivity contribution >= 4 is 18.0 Å². The predicted octanol–water partition coefficient (Wildman–Crippen LogP) is 2.24. The van der Waals surface area contributed by atoms with Crippen LogP contribution in [0.5, 0.6) is 5.75 Å². The first kappa shape index (κ1) is 17.2. The van der Waals surface area contributed by atoms with Crippen LogP contribution in [0.1, 0.15) is 25.3 Å². The number of nitrogens with zero attached hydrogens (tertiary/aromatic N) is 1. The number of allylic oxidation sites excluding steroid dienone is 1. The topological polar surface area (TPSA) is 76.1 Å². The Morgan fingerprint density at radius 3 is 2.84 bits per heavy atom. The molecule has 1 fully saturated rings. The molecule has 0 spiro atoms. The molecule has 1 unspecified atom stereocenters. The van der Waals surface area contributed by atoms with Crippen LogP contribution in [0.4, 0.5) is 0 Å². The highest BCUT2D eigenvalue weighted by Gasteiger charge is 2.38. The van der Waals surface area contributed by atoms with Gasteiger partial charge in [-0.3, -0.25) is 4.79 Å². The van der Waals surface area contributed by atoms with E-state index in [-0.39, 0.29) is 28.9 Å². The molecule has 25 heavy (non-hydrogen) atoms. The normalized spacial score (nSPS) is 22.2. The number of ether oxygens (including phenoxy) is 2. The summed E-state index contributed by atoms with van der Waals surface area (Å²) in [6.45, 7) is 2.83. The average molecular weight is 343 g/mol. The van der Waals surface area contributed by atoms with Crippen LogP contribution < -0.4 is 0 Å². The van der Waals surface area contributed by atoms with Gasteiger partial charge in [-0.05, 0) is 31.9 Å². The van der Waals surface area contributed by atoms with Crippen molar-refractivity contribution in [2.24, 2.45) is 0 Å². The number of aromatic hydroxyl groups is 1. The number of hydrogen-bond acceptors (Lipinski definition) is 5. The Kier molecular flexibility index (Phi) is 4.90. The highest BCUT2D eigenvalue weighted by Crippen LogP contribution is 2.33. The molecule has 1 aromatic rings. The molecular weight excluding hydrogens is 322 g/mol. The Morgan fingerprint density at radius 2 is 2.20 bits per heavy atom. The summed E-state index contributed by atoms with van der Waals surface area (Å²) in [5.41, 5.74) is 1.48. The monoisotopic (exact) mass is 343 g/mol. The van der Waals surface area contributed by atoms with Gasteiger partial charge in [0.15, 0.2) is 0 Å². The minimum atomic E-state index is -0.567. The quantitative estimate of drug-likeness (QED) is 0.670. The summed E-state index contributed by atoms with van der Waals surface area (Å²) in [5.74, 6) is -0.804. The van der Waals surface area contributed by atoms with E-state index in [4.69, 9.17) is 9.47 Å². The SMILES string of the molecule is COC(=O)C1=C(C)N(CC2CCCO2)C(=O)/C1=C\c1ccccc1O. The Balaban J connectivity index is 2.00. The fraction of sp³-hybridized carbons (Fsp3) is 0.368.